The van der Waals surface area contributed by atoms with E-state index in [4.69, 9.17) is 37.0 Å². The number of esters is 4. The highest BCUT2D eigenvalue weighted by Gasteiger charge is 2.30. The molecule has 19 heteroatoms. The average Bonchev–Trinajstić information content (AvgIpc) is 0.905. The molecular weight excluding hydrogens is 1350 g/mol. The van der Waals surface area contributed by atoms with Crippen molar-refractivity contribution >= 4 is 39.5 Å². The Kier molecular flexibility index (Phi) is 73.7. The van der Waals surface area contributed by atoms with Crippen LogP contribution in [-0.4, -0.2) is 96.7 Å². The highest BCUT2D eigenvalue weighted by Crippen LogP contribution is 2.45. The van der Waals surface area contributed by atoms with Crippen LogP contribution in [0.3, 0.4) is 0 Å². The third kappa shape index (κ3) is 75.5. The maximum absolute atomic E-state index is 13.1. The fourth-order valence-corrected chi connectivity index (χ4v) is 14.7. The van der Waals surface area contributed by atoms with Gasteiger partial charge in [0.05, 0.1) is 26.4 Å². The molecule has 0 bridgehead atoms. The quantitative estimate of drug-likeness (QED) is 0.0222. The van der Waals surface area contributed by atoms with Crippen molar-refractivity contribution in [3.8, 4) is 0 Å². The fraction of sp³-hybridized carbons (Fsp3) is 0.953. The Morgan fingerprint density at radius 3 is 0.731 bits per heavy atom. The minimum atomic E-state index is -4.96. The number of hydrogen-bond acceptors (Lipinski definition) is 15. The van der Waals surface area contributed by atoms with Crippen LogP contribution in [0.25, 0.3) is 0 Å². The molecule has 0 aromatic rings. The van der Waals surface area contributed by atoms with Crippen LogP contribution >= 0.6 is 15.6 Å². The number of rotatable bonds is 83. The predicted molar refractivity (Wildman–Crippen MR) is 428 cm³/mol. The first-order chi connectivity index (χ1) is 50.3. The molecule has 0 aliphatic rings. The van der Waals surface area contributed by atoms with E-state index in [1.807, 2.05) is 0 Å². The van der Waals surface area contributed by atoms with Crippen LogP contribution in [0.15, 0.2) is 0 Å². The summed E-state index contributed by atoms with van der Waals surface area (Å²) in [6, 6.07) is 0. The van der Waals surface area contributed by atoms with Gasteiger partial charge in [-0.2, -0.15) is 0 Å². The second kappa shape index (κ2) is 75.1. The van der Waals surface area contributed by atoms with Crippen LogP contribution in [0.2, 0.25) is 0 Å². The minimum Gasteiger partial charge on any atom is -0.462 e. The molecule has 104 heavy (non-hydrogen) atoms. The number of aliphatic hydroxyl groups is 1. The number of aliphatic hydroxyl groups excluding tert-OH is 1. The van der Waals surface area contributed by atoms with Gasteiger partial charge in [-0.05, 0) is 43.4 Å². The summed E-state index contributed by atoms with van der Waals surface area (Å²) in [5.41, 5.74) is 0. The van der Waals surface area contributed by atoms with Gasteiger partial charge in [-0.15, -0.1) is 0 Å². The summed E-state index contributed by atoms with van der Waals surface area (Å²) in [5, 5.41) is 10.6. The van der Waals surface area contributed by atoms with Gasteiger partial charge >= 0.3 is 39.5 Å². The monoisotopic (exact) mass is 1520 g/mol. The molecule has 0 aromatic heterocycles. The lowest BCUT2D eigenvalue weighted by molar-refractivity contribution is -0.161. The van der Waals surface area contributed by atoms with Crippen LogP contribution < -0.4 is 0 Å². The Bertz CT molecular complexity index is 2010. The SMILES string of the molecule is CCCCCCCCCC(=O)OC[C@H](COP(=O)(O)OC[C@H](O)COP(=O)(O)OC[C@@H](COC(=O)CCCCCCCCCCCCCCCCCCCCC(C)CC)OC(=O)CCCCCCCCCCCCCCCCCCCCC(C)CC)OC(=O)CCCCCCCCCCCCC(C)C. The number of phosphoric ester groups is 2. The van der Waals surface area contributed by atoms with Crippen molar-refractivity contribution in [2.45, 2.75) is 465 Å². The highest BCUT2D eigenvalue weighted by molar-refractivity contribution is 7.47. The first kappa shape index (κ1) is 102. The summed E-state index contributed by atoms with van der Waals surface area (Å²) >= 11 is 0. The smallest absolute Gasteiger partial charge is 0.462 e. The summed E-state index contributed by atoms with van der Waals surface area (Å²) in [5.74, 6) is 0.385. The minimum absolute atomic E-state index is 0.106. The summed E-state index contributed by atoms with van der Waals surface area (Å²) in [6.07, 6.45) is 65.5. The number of carbonyl (C=O) groups is 4. The van der Waals surface area contributed by atoms with E-state index in [2.05, 4.69) is 48.5 Å². The predicted octanol–water partition coefficient (Wildman–Crippen LogP) is 25.7. The molecule has 0 aromatic carbocycles. The number of unbranched alkanes of at least 4 members (excludes halogenated alkanes) is 49. The molecule has 0 heterocycles. The van der Waals surface area contributed by atoms with E-state index in [9.17, 15) is 43.2 Å². The van der Waals surface area contributed by atoms with Gasteiger partial charge < -0.3 is 33.8 Å². The van der Waals surface area contributed by atoms with E-state index >= 15 is 0 Å². The van der Waals surface area contributed by atoms with E-state index in [1.165, 1.54) is 244 Å². The molecular formula is C85H166O17P2. The number of ether oxygens (including phenoxy) is 4. The second-order valence-electron chi connectivity index (χ2n) is 31.5. The number of phosphoric acid groups is 2. The van der Waals surface area contributed by atoms with Gasteiger partial charge in [0, 0.05) is 25.7 Å². The van der Waals surface area contributed by atoms with Crippen LogP contribution in [0.1, 0.15) is 447 Å². The first-order valence-electron chi connectivity index (χ1n) is 43.9. The molecule has 0 spiro atoms. The van der Waals surface area contributed by atoms with Crippen molar-refractivity contribution in [1.29, 1.82) is 0 Å². The maximum atomic E-state index is 13.1. The summed E-state index contributed by atoms with van der Waals surface area (Å²) in [7, 11) is -9.92. The van der Waals surface area contributed by atoms with Gasteiger partial charge in [0.15, 0.2) is 12.2 Å². The largest absolute Gasteiger partial charge is 0.472 e. The molecule has 0 saturated carbocycles. The third-order valence-electron chi connectivity index (χ3n) is 20.6. The van der Waals surface area contributed by atoms with Crippen molar-refractivity contribution in [1.82, 2.24) is 0 Å². The second-order valence-corrected chi connectivity index (χ2v) is 34.4. The van der Waals surface area contributed by atoms with E-state index in [1.54, 1.807) is 0 Å². The molecule has 0 fully saturated rings. The normalized spacial score (nSPS) is 14.4. The summed E-state index contributed by atoms with van der Waals surface area (Å²) in [6.45, 7) is 12.0. The molecule has 0 saturated heterocycles. The zero-order chi connectivity index (χ0) is 76.5. The van der Waals surface area contributed by atoms with Crippen molar-refractivity contribution in [3.63, 3.8) is 0 Å². The van der Waals surface area contributed by atoms with Gasteiger partial charge in [0.1, 0.15) is 19.3 Å². The molecule has 0 radical (unpaired) electrons. The molecule has 4 unspecified atom stereocenters. The van der Waals surface area contributed by atoms with Gasteiger partial charge in [-0.3, -0.25) is 37.3 Å². The van der Waals surface area contributed by atoms with Crippen LogP contribution in [-0.2, 0) is 65.4 Å². The van der Waals surface area contributed by atoms with Gasteiger partial charge in [0.25, 0.3) is 0 Å². The molecule has 3 N–H and O–H groups in total. The van der Waals surface area contributed by atoms with Crippen LogP contribution in [0, 0.1) is 17.8 Å². The van der Waals surface area contributed by atoms with Gasteiger partial charge in [-0.25, -0.2) is 9.13 Å². The van der Waals surface area contributed by atoms with Crippen molar-refractivity contribution in [2.75, 3.05) is 39.6 Å². The van der Waals surface area contributed by atoms with Gasteiger partial charge in [0.2, 0.25) is 0 Å². The van der Waals surface area contributed by atoms with Gasteiger partial charge in [-0.1, -0.05) is 395 Å². The van der Waals surface area contributed by atoms with Crippen molar-refractivity contribution in [2.24, 2.45) is 17.8 Å². The molecule has 618 valence electrons. The van der Waals surface area contributed by atoms with Crippen molar-refractivity contribution in [3.05, 3.63) is 0 Å². The molecule has 0 aliphatic heterocycles. The summed E-state index contributed by atoms with van der Waals surface area (Å²) in [4.78, 5) is 73.0. The first-order valence-corrected chi connectivity index (χ1v) is 46.9. The maximum Gasteiger partial charge on any atom is 0.472 e. The van der Waals surface area contributed by atoms with Crippen LogP contribution in [0.5, 0.6) is 0 Å². The molecule has 7 atom stereocenters. The standard InChI is InChI=1S/C85H166O17P2/c1-8-11-12-13-42-52-59-66-82(87)95-72-80(101-85(90)69-62-55-48-41-35-34-36-43-49-56-63-76(4)5)74-99-103(91,92)97-70-79(86)71-98-104(93,94)100-75-81(102-84(89)68-61-54-47-40-33-29-25-21-17-15-19-23-27-31-38-45-51-58-65-78(7)10-3)73-96-83(88)67-60-53-46-39-32-28-24-20-16-14-18-22-26-30-37-44-50-57-64-77(6)9-2/h76-81,86H,8-75H2,1-7H3,(H,91,92)(H,93,94)/t77?,78?,79-,80+,81+/m0/s1. The van der Waals surface area contributed by atoms with E-state index in [0.717, 1.165) is 120 Å². The average molecular weight is 1520 g/mol. The number of hydrogen-bond donors (Lipinski definition) is 3. The molecule has 17 nitrogen and oxygen atoms in total. The lowest BCUT2D eigenvalue weighted by atomic mass is 9.99. The highest BCUT2D eigenvalue weighted by atomic mass is 31.2. The fourth-order valence-electron chi connectivity index (χ4n) is 13.1. The Balaban J connectivity index is 5.15. The Morgan fingerprint density at radius 2 is 0.490 bits per heavy atom. The van der Waals surface area contributed by atoms with Crippen molar-refractivity contribution < 1.29 is 80.2 Å². The van der Waals surface area contributed by atoms with Crippen LogP contribution in [0.4, 0.5) is 0 Å². The molecule has 0 aliphatic carbocycles. The topological polar surface area (TPSA) is 237 Å². The lowest BCUT2D eigenvalue weighted by Gasteiger charge is -2.21. The molecule has 0 rings (SSSR count). The Labute approximate surface area is 638 Å². The lowest BCUT2D eigenvalue weighted by Crippen LogP contribution is -2.30. The summed E-state index contributed by atoms with van der Waals surface area (Å²) < 4.78 is 68.7. The molecule has 0 amide bonds. The van der Waals surface area contributed by atoms with E-state index < -0.39 is 97.5 Å². The zero-order valence-corrected chi connectivity index (χ0v) is 70.3. The Hall–Kier alpha value is -1.94. The van der Waals surface area contributed by atoms with E-state index in [-0.39, 0.29) is 25.7 Å². The Morgan fingerprint density at radius 1 is 0.279 bits per heavy atom. The number of carbonyl (C=O) groups excluding carboxylic acids is 4. The third-order valence-corrected chi connectivity index (χ3v) is 22.5. The zero-order valence-electron chi connectivity index (χ0n) is 68.5. The van der Waals surface area contributed by atoms with E-state index in [0.29, 0.717) is 25.7 Å².